The molecule has 2 aliphatic rings. The van der Waals surface area contributed by atoms with Gasteiger partial charge in [-0.1, -0.05) is 6.92 Å². The summed E-state index contributed by atoms with van der Waals surface area (Å²) < 4.78 is 0. The van der Waals surface area contributed by atoms with Gasteiger partial charge in [-0.15, -0.1) is 12.4 Å². The SMILES string of the molecule is CCN1CCC(CCNC(=O)c2n[nH]c3c2CNCC3)CC1.Cl. The summed E-state index contributed by atoms with van der Waals surface area (Å²) in [7, 11) is 0. The fourth-order valence-electron chi connectivity index (χ4n) is 3.48. The van der Waals surface area contributed by atoms with Gasteiger partial charge < -0.3 is 15.5 Å². The Labute approximate surface area is 144 Å². The van der Waals surface area contributed by atoms with Gasteiger partial charge in [-0.2, -0.15) is 5.10 Å². The van der Waals surface area contributed by atoms with Crippen molar-refractivity contribution >= 4 is 18.3 Å². The third-order valence-electron chi connectivity index (χ3n) is 5.01. The van der Waals surface area contributed by atoms with Crippen LogP contribution in [0.1, 0.15) is 47.9 Å². The number of carbonyl (C=O) groups is 1. The van der Waals surface area contributed by atoms with Crippen molar-refractivity contribution in [1.82, 2.24) is 25.7 Å². The van der Waals surface area contributed by atoms with Gasteiger partial charge in [0.1, 0.15) is 0 Å². The maximum atomic E-state index is 12.3. The summed E-state index contributed by atoms with van der Waals surface area (Å²) in [6.07, 6.45) is 4.51. The molecule has 0 aliphatic carbocycles. The Balaban J connectivity index is 0.00000192. The van der Waals surface area contributed by atoms with Crippen LogP contribution >= 0.6 is 12.4 Å². The van der Waals surface area contributed by atoms with Crippen LogP contribution in [0.3, 0.4) is 0 Å². The number of amides is 1. The summed E-state index contributed by atoms with van der Waals surface area (Å²) in [4.78, 5) is 14.8. The van der Waals surface area contributed by atoms with Gasteiger partial charge in [-0.05, 0) is 44.8 Å². The lowest BCUT2D eigenvalue weighted by molar-refractivity contribution is 0.0942. The highest BCUT2D eigenvalue weighted by atomic mass is 35.5. The highest BCUT2D eigenvalue weighted by molar-refractivity contribution is 5.94. The van der Waals surface area contributed by atoms with Crippen molar-refractivity contribution in [1.29, 1.82) is 0 Å². The lowest BCUT2D eigenvalue weighted by atomic mass is 9.93. The quantitative estimate of drug-likeness (QED) is 0.755. The van der Waals surface area contributed by atoms with Crippen LogP contribution in [0, 0.1) is 5.92 Å². The number of halogens is 1. The van der Waals surface area contributed by atoms with E-state index in [2.05, 4.69) is 32.7 Å². The van der Waals surface area contributed by atoms with Crippen molar-refractivity contribution in [3.8, 4) is 0 Å². The maximum absolute atomic E-state index is 12.3. The second-order valence-electron chi connectivity index (χ2n) is 6.38. The topological polar surface area (TPSA) is 73.0 Å². The standard InChI is InChI=1S/C16H27N5O.ClH/c1-2-21-9-5-12(6-10-21)3-8-18-16(22)15-13-11-17-7-4-14(13)19-20-15;/h12,17H,2-11H2,1H3,(H,18,22)(H,19,20);1H. The van der Waals surface area contributed by atoms with Gasteiger partial charge >= 0.3 is 0 Å². The predicted octanol–water partition coefficient (Wildman–Crippen LogP) is 1.33. The number of hydrogen-bond donors (Lipinski definition) is 3. The Kier molecular flexibility index (Phi) is 6.87. The van der Waals surface area contributed by atoms with E-state index in [1.54, 1.807) is 0 Å². The van der Waals surface area contributed by atoms with Gasteiger partial charge in [0.25, 0.3) is 5.91 Å². The number of nitrogens with zero attached hydrogens (tertiary/aromatic N) is 2. The number of aromatic nitrogens is 2. The Morgan fingerprint density at radius 3 is 2.91 bits per heavy atom. The molecule has 3 rings (SSSR count). The van der Waals surface area contributed by atoms with Gasteiger partial charge in [0.15, 0.2) is 5.69 Å². The molecule has 0 atom stereocenters. The van der Waals surface area contributed by atoms with Crippen molar-refractivity contribution in [3.05, 3.63) is 17.0 Å². The molecule has 3 heterocycles. The number of fused-ring (bicyclic) bond motifs is 1. The molecule has 1 aromatic heterocycles. The van der Waals surface area contributed by atoms with Crippen LogP contribution in [0.4, 0.5) is 0 Å². The lowest BCUT2D eigenvalue weighted by Gasteiger charge is -2.31. The van der Waals surface area contributed by atoms with E-state index in [4.69, 9.17) is 0 Å². The highest BCUT2D eigenvalue weighted by Crippen LogP contribution is 2.20. The first kappa shape index (κ1) is 18.2. The summed E-state index contributed by atoms with van der Waals surface area (Å²) in [6.45, 7) is 8.23. The van der Waals surface area contributed by atoms with Crippen molar-refractivity contribution in [2.24, 2.45) is 5.92 Å². The van der Waals surface area contributed by atoms with Gasteiger partial charge in [0, 0.05) is 37.3 Å². The van der Waals surface area contributed by atoms with E-state index in [0.29, 0.717) is 5.69 Å². The molecule has 2 aliphatic heterocycles. The van der Waals surface area contributed by atoms with E-state index in [-0.39, 0.29) is 18.3 Å². The summed E-state index contributed by atoms with van der Waals surface area (Å²) in [5.74, 6) is 0.713. The Morgan fingerprint density at radius 1 is 1.39 bits per heavy atom. The van der Waals surface area contributed by atoms with E-state index < -0.39 is 0 Å². The van der Waals surface area contributed by atoms with Gasteiger partial charge in [0.2, 0.25) is 0 Å². The van der Waals surface area contributed by atoms with Crippen LogP contribution in [-0.4, -0.2) is 53.7 Å². The molecule has 1 aromatic rings. The second kappa shape index (κ2) is 8.66. The smallest absolute Gasteiger partial charge is 0.272 e. The first-order chi connectivity index (χ1) is 10.8. The number of nitrogens with one attached hydrogen (secondary N) is 3. The minimum Gasteiger partial charge on any atom is -0.351 e. The fraction of sp³-hybridized carbons (Fsp3) is 0.750. The summed E-state index contributed by atoms with van der Waals surface area (Å²) in [6, 6.07) is 0. The van der Waals surface area contributed by atoms with Crippen molar-refractivity contribution in [2.45, 2.75) is 39.2 Å². The van der Waals surface area contributed by atoms with Crippen LogP contribution in [0.15, 0.2) is 0 Å². The molecule has 0 bridgehead atoms. The van der Waals surface area contributed by atoms with Crippen molar-refractivity contribution in [2.75, 3.05) is 32.7 Å². The highest BCUT2D eigenvalue weighted by Gasteiger charge is 2.22. The first-order valence-electron chi connectivity index (χ1n) is 8.55. The molecule has 1 amide bonds. The number of piperidine rings is 1. The molecule has 23 heavy (non-hydrogen) atoms. The Bertz CT molecular complexity index is 511. The molecule has 0 aromatic carbocycles. The van der Waals surface area contributed by atoms with E-state index in [1.807, 2.05) is 0 Å². The average Bonchev–Trinajstić information content (AvgIpc) is 2.99. The third-order valence-corrected chi connectivity index (χ3v) is 5.01. The van der Waals surface area contributed by atoms with Crippen LogP contribution in [-0.2, 0) is 13.0 Å². The van der Waals surface area contributed by atoms with Crippen LogP contribution in [0.25, 0.3) is 0 Å². The van der Waals surface area contributed by atoms with Crippen LogP contribution in [0.2, 0.25) is 0 Å². The van der Waals surface area contributed by atoms with E-state index in [1.165, 1.54) is 25.9 Å². The van der Waals surface area contributed by atoms with E-state index >= 15 is 0 Å². The Morgan fingerprint density at radius 2 is 2.17 bits per heavy atom. The normalized spacial score (nSPS) is 19.0. The second-order valence-corrected chi connectivity index (χ2v) is 6.38. The van der Waals surface area contributed by atoms with Gasteiger partial charge in [0.05, 0.1) is 0 Å². The maximum Gasteiger partial charge on any atom is 0.272 e. The zero-order chi connectivity index (χ0) is 15.4. The number of rotatable bonds is 5. The molecule has 7 heteroatoms. The molecule has 0 saturated carbocycles. The number of H-pyrrole nitrogens is 1. The molecule has 0 unspecified atom stereocenters. The van der Waals surface area contributed by atoms with E-state index in [9.17, 15) is 4.79 Å². The molecular weight excluding hydrogens is 314 g/mol. The summed E-state index contributed by atoms with van der Waals surface area (Å²) >= 11 is 0. The predicted molar refractivity (Wildman–Crippen MR) is 93.0 cm³/mol. The summed E-state index contributed by atoms with van der Waals surface area (Å²) in [5.41, 5.74) is 2.72. The number of hydrogen-bond acceptors (Lipinski definition) is 4. The number of likely N-dealkylation sites (tertiary alicyclic amines) is 1. The van der Waals surface area contributed by atoms with Crippen LogP contribution in [0.5, 0.6) is 0 Å². The molecule has 3 N–H and O–H groups in total. The molecule has 6 nitrogen and oxygen atoms in total. The van der Waals surface area contributed by atoms with Crippen molar-refractivity contribution < 1.29 is 4.79 Å². The van der Waals surface area contributed by atoms with Gasteiger partial charge in [-0.25, -0.2) is 0 Å². The first-order valence-corrected chi connectivity index (χ1v) is 8.55. The molecular formula is C16H28ClN5O. The fourth-order valence-corrected chi connectivity index (χ4v) is 3.48. The van der Waals surface area contributed by atoms with Gasteiger partial charge in [-0.3, -0.25) is 9.89 Å². The largest absolute Gasteiger partial charge is 0.351 e. The average molecular weight is 342 g/mol. The molecule has 1 fully saturated rings. The minimum absolute atomic E-state index is 0. The molecule has 0 spiro atoms. The molecule has 0 radical (unpaired) electrons. The number of carbonyl (C=O) groups excluding carboxylic acids is 1. The molecule has 1 saturated heterocycles. The van der Waals surface area contributed by atoms with E-state index in [0.717, 1.165) is 56.2 Å². The lowest BCUT2D eigenvalue weighted by Crippen LogP contribution is -2.35. The van der Waals surface area contributed by atoms with Crippen molar-refractivity contribution in [3.63, 3.8) is 0 Å². The monoisotopic (exact) mass is 341 g/mol. The number of aromatic amines is 1. The zero-order valence-corrected chi connectivity index (χ0v) is 14.7. The third kappa shape index (κ3) is 4.46. The minimum atomic E-state index is -0.0350. The molecule has 130 valence electrons. The van der Waals surface area contributed by atoms with Crippen LogP contribution < -0.4 is 10.6 Å². The Hall–Kier alpha value is -1.11. The zero-order valence-electron chi connectivity index (χ0n) is 13.9. The summed E-state index contributed by atoms with van der Waals surface area (Å²) in [5, 5.41) is 13.5.